The molecule has 1 heterocycles. The number of rotatable bonds is 2. The van der Waals surface area contributed by atoms with Crippen molar-refractivity contribution in [3.63, 3.8) is 0 Å². The van der Waals surface area contributed by atoms with Crippen LogP contribution in [0, 0.1) is 6.92 Å². The molecule has 0 amide bonds. The molecule has 0 unspecified atom stereocenters. The topological polar surface area (TPSA) is 25.2 Å². The lowest BCUT2D eigenvalue weighted by molar-refractivity contribution is 0.281. The normalized spacial score (nSPS) is 17.9. The highest BCUT2D eigenvalue weighted by Gasteiger charge is 2.21. The second kappa shape index (κ2) is 3.77. The second-order valence-electron chi connectivity index (χ2n) is 4.38. The van der Waals surface area contributed by atoms with Gasteiger partial charge in [0.15, 0.2) is 0 Å². The van der Waals surface area contributed by atoms with E-state index in [-0.39, 0.29) is 6.61 Å². The zero-order valence-electron chi connectivity index (χ0n) is 9.08. The Morgan fingerprint density at radius 3 is 2.57 bits per heavy atom. The highest BCUT2D eigenvalue weighted by molar-refractivity contribution is 5.29. The molecule has 0 spiro atoms. The minimum Gasteiger partial charge on any atom is -0.392 e. The van der Waals surface area contributed by atoms with Gasteiger partial charge in [-0.1, -0.05) is 12.8 Å². The minimum absolute atomic E-state index is 0.173. The summed E-state index contributed by atoms with van der Waals surface area (Å²) in [5, 5.41) is 9.19. The van der Waals surface area contributed by atoms with Gasteiger partial charge in [-0.3, -0.25) is 0 Å². The smallest absolute Gasteiger partial charge is 0.0699 e. The second-order valence-corrected chi connectivity index (χ2v) is 4.38. The molecular weight excluding hydrogens is 174 g/mol. The van der Waals surface area contributed by atoms with Gasteiger partial charge in [0.1, 0.15) is 0 Å². The van der Waals surface area contributed by atoms with E-state index in [1.165, 1.54) is 37.1 Å². The van der Waals surface area contributed by atoms with Gasteiger partial charge in [0.2, 0.25) is 0 Å². The van der Waals surface area contributed by atoms with Crippen LogP contribution in [0.2, 0.25) is 0 Å². The molecular formula is C12H19NO. The standard InChI is InChI=1S/C12H19NO/c1-9-11(8-14)7-12(13(9)2)10-5-3-4-6-10/h7,10,14H,3-6,8H2,1-2H3. The first kappa shape index (κ1) is 9.78. The summed E-state index contributed by atoms with van der Waals surface area (Å²) in [6.07, 6.45) is 5.37. The van der Waals surface area contributed by atoms with Crippen LogP contribution in [0.5, 0.6) is 0 Å². The van der Waals surface area contributed by atoms with E-state index in [1.807, 2.05) is 0 Å². The molecule has 0 atom stereocenters. The average Bonchev–Trinajstić information content (AvgIpc) is 2.78. The Morgan fingerprint density at radius 1 is 1.43 bits per heavy atom. The van der Waals surface area contributed by atoms with E-state index in [2.05, 4.69) is 24.6 Å². The van der Waals surface area contributed by atoms with Gasteiger partial charge in [-0.25, -0.2) is 0 Å². The predicted molar refractivity (Wildman–Crippen MR) is 57.3 cm³/mol. The van der Waals surface area contributed by atoms with E-state index >= 15 is 0 Å². The molecule has 78 valence electrons. The third-order valence-electron chi connectivity index (χ3n) is 3.62. The van der Waals surface area contributed by atoms with Crippen molar-refractivity contribution < 1.29 is 5.11 Å². The number of aliphatic hydroxyl groups is 1. The highest BCUT2D eigenvalue weighted by atomic mass is 16.3. The van der Waals surface area contributed by atoms with Gasteiger partial charge in [-0.05, 0) is 37.3 Å². The zero-order valence-corrected chi connectivity index (χ0v) is 9.08. The van der Waals surface area contributed by atoms with E-state index in [0.717, 1.165) is 11.5 Å². The van der Waals surface area contributed by atoms with Crippen molar-refractivity contribution in [1.29, 1.82) is 0 Å². The Hall–Kier alpha value is -0.760. The lowest BCUT2D eigenvalue weighted by atomic mass is 10.0. The molecule has 1 aromatic heterocycles. The maximum absolute atomic E-state index is 9.19. The largest absolute Gasteiger partial charge is 0.392 e. The van der Waals surface area contributed by atoms with Crippen LogP contribution >= 0.6 is 0 Å². The molecule has 2 rings (SSSR count). The molecule has 14 heavy (non-hydrogen) atoms. The number of nitrogens with zero attached hydrogens (tertiary/aromatic N) is 1. The SMILES string of the molecule is Cc1c(CO)cc(C2CCCC2)n1C. The van der Waals surface area contributed by atoms with Crippen molar-refractivity contribution in [2.24, 2.45) is 7.05 Å². The van der Waals surface area contributed by atoms with Crippen LogP contribution in [0.25, 0.3) is 0 Å². The van der Waals surface area contributed by atoms with Crippen molar-refractivity contribution in [3.8, 4) is 0 Å². The first-order chi connectivity index (χ1) is 6.74. The highest BCUT2D eigenvalue weighted by Crippen LogP contribution is 2.35. The molecule has 2 heteroatoms. The Bertz CT molecular complexity index is 321. The molecule has 1 aromatic rings. The summed E-state index contributed by atoms with van der Waals surface area (Å²) in [5.74, 6) is 0.735. The van der Waals surface area contributed by atoms with E-state index in [4.69, 9.17) is 0 Å². The monoisotopic (exact) mass is 193 g/mol. The van der Waals surface area contributed by atoms with Gasteiger partial charge < -0.3 is 9.67 Å². The number of aliphatic hydroxyl groups excluding tert-OH is 1. The summed E-state index contributed by atoms with van der Waals surface area (Å²) in [6, 6.07) is 2.19. The van der Waals surface area contributed by atoms with Crippen molar-refractivity contribution in [2.75, 3.05) is 0 Å². The van der Waals surface area contributed by atoms with Gasteiger partial charge >= 0.3 is 0 Å². The van der Waals surface area contributed by atoms with E-state index in [0.29, 0.717) is 0 Å². The Labute approximate surface area is 85.6 Å². The molecule has 0 radical (unpaired) electrons. The van der Waals surface area contributed by atoms with Crippen LogP contribution in [0.4, 0.5) is 0 Å². The quantitative estimate of drug-likeness (QED) is 0.767. The minimum atomic E-state index is 0.173. The van der Waals surface area contributed by atoms with Crippen LogP contribution in [0.3, 0.4) is 0 Å². The Balaban J connectivity index is 2.32. The molecule has 1 N–H and O–H groups in total. The third-order valence-corrected chi connectivity index (χ3v) is 3.62. The molecule has 0 aromatic carbocycles. The molecule has 0 bridgehead atoms. The van der Waals surface area contributed by atoms with E-state index < -0.39 is 0 Å². The number of hydrogen-bond acceptors (Lipinski definition) is 1. The van der Waals surface area contributed by atoms with Crippen LogP contribution < -0.4 is 0 Å². The predicted octanol–water partition coefficient (Wildman–Crippen LogP) is 2.48. The van der Waals surface area contributed by atoms with Crippen molar-refractivity contribution >= 4 is 0 Å². The first-order valence-corrected chi connectivity index (χ1v) is 5.50. The lowest BCUT2D eigenvalue weighted by Gasteiger charge is -2.11. The van der Waals surface area contributed by atoms with Gasteiger partial charge in [0.05, 0.1) is 6.61 Å². The van der Waals surface area contributed by atoms with Crippen molar-refractivity contribution in [1.82, 2.24) is 4.57 Å². The number of hydrogen-bond donors (Lipinski definition) is 1. The molecule has 1 fully saturated rings. The van der Waals surface area contributed by atoms with Crippen molar-refractivity contribution in [3.05, 3.63) is 23.0 Å². The molecule has 0 aliphatic heterocycles. The summed E-state index contributed by atoms with van der Waals surface area (Å²) in [5.41, 5.74) is 3.73. The van der Waals surface area contributed by atoms with Gasteiger partial charge in [-0.2, -0.15) is 0 Å². The fraction of sp³-hybridized carbons (Fsp3) is 0.667. The summed E-state index contributed by atoms with van der Waals surface area (Å²) < 4.78 is 2.25. The summed E-state index contributed by atoms with van der Waals surface area (Å²) in [6.45, 7) is 2.26. The van der Waals surface area contributed by atoms with E-state index in [1.54, 1.807) is 0 Å². The van der Waals surface area contributed by atoms with E-state index in [9.17, 15) is 5.11 Å². The van der Waals surface area contributed by atoms with Crippen molar-refractivity contribution in [2.45, 2.75) is 45.1 Å². The first-order valence-electron chi connectivity index (χ1n) is 5.50. The molecule has 1 aliphatic rings. The molecule has 0 saturated heterocycles. The fourth-order valence-electron chi connectivity index (χ4n) is 2.56. The summed E-state index contributed by atoms with van der Waals surface area (Å²) in [4.78, 5) is 0. The van der Waals surface area contributed by atoms with Crippen LogP contribution in [0.1, 0.15) is 48.6 Å². The van der Waals surface area contributed by atoms with Crippen LogP contribution in [-0.4, -0.2) is 9.67 Å². The van der Waals surface area contributed by atoms with Gasteiger partial charge in [-0.15, -0.1) is 0 Å². The van der Waals surface area contributed by atoms with Gasteiger partial charge in [0.25, 0.3) is 0 Å². The summed E-state index contributed by atoms with van der Waals surface area (Å²) >= 11 is 0. The number of aromatic nitrogens is 1. The average molecular weight is 193 g/mol. The maximum atomic E-state index is 9.19. The molecule has 1 aliphatic carbocycles. The van der Waals surface area contributed by atoms with Crippen LogP contribution in [0.15, 0.2) is 6.07 Å². The summed E-state index contributed by atoms with van der Waals surface area (Å²) in [7, 11) is 2.11. The fourth-order valence-corrected chi connectivity index (χ4v) is 2.56. The molecule has 1 saturated carbocycles. The van der Waals surface area contributed by atoms with Crippen LogP contribution in [-0.2, 0) is 13.7 Å². The van der Waals surface area contributed by atoms with Gasteiger partial charge in [0, 0.05) is 18.4 Å². The molecule has 2 nitrogen and oxygen atoms in total. The third kappa shape index (κ3) is 1.48. The Kier molecular flexibility index (Phi) is 2.64. The zero-order chi connectivity index (χ0) is 10.1. The Morgan fingerprint density at radius 2 is 2.07 bits per heavy atom. The maximum Gasteiger partial charge on any atom is 0.0699 e. The lowest BCUT2D eigenvalue weighted by Crippen LogP contribution is -2.02.